The van der Waals surface area contributed by atoms with Crippen LogP contribution in [-0.4, -0.2) is 19.6 Å². The minimum atomic E-state index is -4.12. The number of benzene rings is 2. The third-order valence-electron chi connectivity index (χ3n) is 5.74. The van der Waals surface area contributed by atoms with Crippen LogP contribution in [-0.2, 0) is 15.6 Å². The summed E-state index contributed by atoms with van der Waals surface area (Å²) in [5, 5.41) is 13.8. The van der Waals surface area contributed by atoms with Gasteiger partial charge in [0.15, 0.2) is 0 Å². The zero-order chi connectivity index (χ0) is 23.0. The average molecular weight is 465 g/mol. The van der Waals surface area contributed by atoms with Gasteiger partial charge in [-0.25, -0.2) is 17.9 Å². The van der Waals surface area contributed by atoms with E-state index < -0.39 is 21.7 Å². The molecule has 3 rings (SSSR count). The molecule has 8 heteroatoms. The van der Waals surface area contributed by atoms with Crippen LogP contribution in [0.3, 0.4) is 0 Å². The molecule has 6 nitrogen and oxygen atoms in total. The summed E-state index contributed by atoms with van der Waals surface area (Å²) in [4.78, 5) is 12.6. The zero-order valence-electron chi connectivity index (χ0n) is 18.2. The Labute approximate surface area is 189 Å². The fourth-order valence-electron chi connectivity index (χ4n) is 3.78. The number of rotatable bonds is 6. The van der Waals surface area contributed by atoms with Crippen LogP contribution in [0.5, 0.6) is 0 Å². The number of carbonyl (C=O) groups excluding carboxylic acids is 1. The monoisotopic (exact) mass is 464 g/mol. The normalized spacial score (nSPS) is 15.6. The van der Waals surface area contributed by atoms with E-state index in [-0.39, 0.29) is 16.7 Å². The quantitative estimate of drug-likeness (QED) is 0.528. The van der Waals surface area contributed by atoms with Gasteiger partial charge in [-0.2, -0.15) is 0 Å². The topological polar surface area (TPSA) is 95.5 Å². The Balaban J connectivity index is 1.87. The highest BCUT2D eigenvalue weighted by Gasteiger charge is 2.36. The van der Waals surface area contributed by atoms with Gasteiger partial charge in [0, 0.05) is 10.7 Å². The molecule has 0 aromatic heterocycles. The number of nitrogens with one attached hydrogen (secondary N) is 2. The van der Waals surface area contributed by atoms with E-state index in [1.165, 1.54) is 12.1 Å². The van der Waals surface area contributed by atoms with E-state index in [1.807, 2.05) is 27.7 Å². The smallest absolute Gasteiger partial charge is 0.333 e. The molecule has 1 saturated carbocycles. The molecule has 0 saturated heterocycles. The van der Waals surface area contributed by atoms with E-state index in [0.717, 1.165) is 17.5 Å². The molecule has 0 unspecified atom stereocenters. The Morgan fingerprint density at radius 2 is 1.65 bits per heavy atom. The van der Waals surface area contributed by atoms with Crippen molar-refractivity contribution in [2.45, 2.75) is 69.3 Å². The number of aliphatic hydroxyl groups is 1. The Kier molecular flexibility index (Phi) is 6.69. The molecule has 2 aromatic rings. The highest BCUT2D eigenvalue weighted by molar-refractivity contribution is 7.90. The molecule has 31 heavy (non-hydrogen) atoms. The predicted octanol–water partition coefficient (Wildman–Crippen LogP) is 5.47. The second kappa shape index (κ2) is 8.81. The van der Waals surface area contributed by atoms with Crippen LogP contribution in [0.15, 0.2) is 41.3 Å². The molecule has 0 heterocycles. The van der Waals surface area contributed by atoms with Crippen molar-refractivity contribution in [1.29, 1.82) is 0 Å². The second-order valence-electron chi connectivity index (χ2n) is 8.74. The molecule has 1 fully saturated rings. The van der Waals surface area contributed by atoms with Gasteiger partial charge in [0.25, 0.3) is 10.0 Å². The van der Waals surface area contributed by atoms with Crippen LogP contribution in [0.1, 0.15) is 75.5 Å². The lowest BCUT2D eigenvalue weighted by Gasteiger charge is -2.37. The number of carbonyl (C=O) groups is 1. The molecule has 0 atom stereocenters. The molecule has 2 amide bonds. The summed E-state index contributed by atoms with van der Waals surface area (Å²) < 4.78 is 27.8. The first-order valence-electron chi connectivity index (χ1n) is 10.4. The van der Waals surface area contributed by atoms with E-state index in [0.29, 0.717) is 29.1 Å². The number of halogens is 1. The van der Waals surface area contributed by atoms with Crippen LogP contribution >= 0.6 is 11.6 Å². The van der Waals surface area contributed by atoms with Crippen molar-refractivity contribution >= 4 is 33.3 Å². The van der Waals surface area contributed by atoms with Gasteiger partial charge in [0.2, 0.25) is 0 Å². The summed E-state index contributed by atoms with van der Waals surface area (Å²) in [6, 6.07) is 8.83. The molecule has 1 aliphatic rings. The van der Waals surface area contributed by atoms with Crippen molar-refractivity contribution in [3.8, 4) is 0 Å². The average Bonchev–Trinajstić information content (AvgIpc) is 2.66. The summed E-state index contributed by atoms with van der Waals surface area (Å²) in [5.41, 5.74) is 1.79. The molecule has 0 spiro atoms. The summed E-state index contributed by atoms with van der Waals surface area (Å²) >= 11 is 6.26. The third-order valence-corrected chi connectivity index (χ3v) is 7.28. The molecule has 168 valence electrons. The lowest BCUT2D eigenvalue weighted by molar-refractivity contribution is -0.0389. The summed E-state index contributed by atoms with van der Waals surface area (Å²) in [5.74, 6) is 0.144. The number of anilines is 1. The SMILES string of the molecule is CC(C)c1cc(Cl)cc(C(C)C)c1NC(=O)NS(=O)(=O)c1cccc(C2(O)CCC2)c1. The van der Waals surface area contributed by atoms with Crippen LogP contribution in [0.25, 0.3) is 0 Å². The standard InChI is InChI=1S/C23H29ClN2O4S/c1-14(2)19-12-17(24)13-20(15(3)4)21(19)25-22(27)26-31(29,30)18-8-5-7-16(11-18)23(28)9-6-10-23/h5,7-8,11-15,28H,6,9-10H2,1-4H3,(H2,25,26,27). The highest BCUT2D eigenvalue weighted by Crippen LogP contribution is 2.41. The molecule has 2 aromatic carbocycles. The molecule has 1 aliphatic carbocycles. The first kappa shape index (κ1) is 23.6. The zero-order valence-corrected chi connectivity index (χ0v) is 19.8. The minimum Gasteiger partial charge on any atom is -0.385 e. The van der Waals surface area contributed by atoms with E-state index in [1.54, 1.807) is 24.3 Å². The summed E-state index contributed by atoms with van der Waals surface area (Å²) in [6.45, 7) is 7.91. The van der Waals surface area contributed by atoms with Crippen LogP contribution in [0.4, 0.5) is 10.5 Å². The van der Waals surface area contributed by atoms with E-state index in [9.17, 15) is 18.3 Å². The van der Waals surface area contributed by atoms with Gasteiger partial charge >= 0.3 is 6.03 Å². The number of hydrogen-bond acceptors (Lipinski definition) is 4. The van der Waals surface area contributed by atoms with Gasteiger partial charge in [-0.05, 0) is 72.1 Å². The third kappa shape index (κ3) is 5.05. The highest BCUT2D eigenvalue weighted by atomic mass is 35.5. The van der Waals surface area contributed by atoms with E-state index in [2.05, 4.69) is 10.0 Å². The van der Waals surface area contributed by atoms with Gasteiger partial charge in [0.05, 0.1) is 10.5 Å². The molecule has 3 N–H and O–H groups in total. The Bertz CT molecular complexity index is 1060. The number of hydrogen-bond donors (Lipinski definition) is 3. The maximum Gasteiger partial charge on any atom is 0.333 e. The van der Waals surface area contributed by atoms with Crippen molar-refractivity contribution in [2.75, 3.05) is 5.32 Å². The van der Waals surface area contributed by atoms with Crippen molar-refractivity contribution in [3.05, 3.63) is 58.1 Å². The predicted molar refractivity (Wildman–Crippen MR) is 123 cm³/mol. The van der Waals surface area contributed by atoms with Crippen molar-refractivity contribution in [2.24, 2.45) is 0 Å². The lowest BCUT2D eigenvalue weighted by Crippen LogP contribution is -2.36. The van der Waals surface area contributed by atoms with Gasteiger partial charge in [0.1, 0.15) is 0 Å². The van der Waals surface area contributed by atoms with E-state index >= 15 is 0 Å². The Morgan fingerprint density at radius 1 is 1.06 bits per heavy atom. The van der Waals surface area contributed by atoms with E-state index in [4.69, 9.17) is 11.6 Å². The van der Waals surface area contributed by atoms with Crippen molar-refractivity contribution in [1.82, 2.24) is 4.72 Å². The maximum absolute atomic E-state index is 12.8. The maximum atomic E-state index is 12.8. The lowest BCUT2D eigenvalue weighted by atomic mass is 9.75. The second-order valence-corrected chi connectivity index (χ2v) is 10.9. The number of urea groups is 1. The minimum absolute atomic E-state index is 0.0650. The van der Waals surface area contributed by atoms with Crippen LogP contribution in [0, 0.1) is 0 Å². The fraction of sp³-hybridized carbons (Fsp3) is 0.435. The van der Waals surface area contributed by atoms with Crippen molar-refractivity contribution in [3.63, 3.8) is 0 Å². The van der Waals surface area contributed by atoms with Gasteiger partial charge in [-0.3, -0.25) is 0 Å². The molecule has 0 radical (unpaired) electrons. The first-order chi connectivity index (χ1) is 14.4. The summed E-state index contributed by atoms with van der Waals surface area (Å²) in [7, 11) is -4.12. The first-order valence-corrected chi connectivity index (χ1v) is 12.3. The molecule has 0 bridgehead atoms. The van der Waals surface area contributed by atoms with Crippen LogP contribution < -0.4 is 10.0 Å². The summed E-state index contributed by atoms with van der Waals surface area (Å²) in [6.07, 6.45) is 2.08. The van der Waals surface area contributed by atoms with Crippen molar-refractivity contribution < 1.29 is 18.3 Å². The van der Waals surface area contributed by atoms with Gasteiger partial charge in [-0.15, -0.1) is 0 Å². The Hall–Kier alpha value is -2.09. The van der Waals surface area contributed by atoms with Crippen LogP contribution in [0.2, 0.25) is 5.02 Å². The molecule has 0 aliphatic heterocycles. The Morgan fingerprint density at radius 3 is 2.13 bits per heavy atom. The number of amides is 2. The molecular weight excluding hydrogens is 436 g/mol. The molecular formula is C23H29ClN2O4S. The largest absolute Gasteiger partial charge is 0.385 e. The fourth-order valence-corrected chi connectivity index (χ4v) is 4.97. The number of sulfonamides is 1. The van der Waals surface area contributed by atoms with Gasteiger partial charge < -0.3 is 10.4 Å². The van der Waals surface area contributed by atoms with Gasteiger partial charge in [-0.1, -0.05) is 51.4 Å².